The fraction of sp³-hybridized carbons (Fsp3) is 0.455. The molecule has 1 rings (SSSR count). The van der Waals surface area contributed by atoms with Crippen LogP contribution in [0, 0.1) is 0 Å². The zero-order valence-corrected chi connectivity index (χ0v) is 11.8. The molecule has 1 aromatic heterocycles. The van der Waals surface area contributed by atoms with E-state index in [0.717, 1.165) is 5.76 Å². The minimum atomic E-state index is 0.0342. The van der Waals surface area contributed by atoms with Crippen molar-refractivity contribution in [1.29, 1.82) is 0 Å². The van der Waals surface area contributed by atoms with E-state index in [-0.39, 0.29) is 20.9 Å². The number of hydrogen-bond donors (Lipinski definition) is 0. The van der Waals surface area contributed by atoms with Gasteiger partial charge in [0.1, 0.15) is 0 Å². The van der Waals surface area contributed by atoms with Crippen LogP contribution in [0.4, 0.5) is 0 Å². The number of thioether (sulfide) groups is 1. The van der Waals surface area contributed by atoms with Crippen LogP contribution in [0.15, 0.2) is 25.8 Å². The Morgan fingerprint density at radius 3 is 3.07 bits per heavy atom. The molecule has 0 atom stereocenters. The van der Waals surface area contributed by atoms with E-state index in [2.05, 4.69) is 19.3 Å². The molecule has 0 amide bonds. The van der Waals surface area contributed by atoms with Gasteiger partial charge in [0.15, 0.2) is 0 Å². The van der Waals surface area contributed by atoms with Gasteiger partial charge in [0.25, 0.3) is 0 Å². The van der Waals surface area contributed by atoms with Gasteiger partial charge in [-0.2, -0.15) is 0 Å². The van der Waals surface area contributed by atoms with Crippen LogP contribution in [0.1, 0.15) is 25.5 Å². The molecule has 0 aromatic carbocycles. The van der Waals surface area contributed by atoms with Crippen LogP contribution in [0.25, 0.3) is 6.08 Å². The Hall–Kier alpha value is 0.160. The predicted octanol–water partition coefficient (Wildman–Crippen LogP) is 3.86. The standard InChI is InChI=1S/C11H16OSTe/c1-3-4-8-14-11(13-2)9-10-6-5-7-12-10/h5-7,9H,3-4,8H2,1-2H3/b11-9-. The van der Waals surface area contributed by atoms with Gasteiger partial charge < -0.3 is 0 Å². The summed E-state index contributed by atoms with van der Waals surface area (Å²) >= 11 is 1.91. The van der Waals surface area contributed by atoms with Gasteiger partial charge in [-0.05, 0) is 0 Å². The molecule has 0 bridgehead atoms. The summed E-state index contributed by atoms with van der Waals surface area (Å²) in [6, 6.07) is 3.96. The molecule has 1 nitrogen and oxygen atoms in total. The summed E-state index contributed by atoms with van der Waals surface area (Å²) in [6.45, 7) is 2.25. The fourth-order valence-electron chi connectivity index (χ4n) is 0.966. The molecule has 0 N–H and O–H groups in total. The third-order valence-corrected chi connectivity index (χ3v) is 7.04. The molecule has 0 saturated carbocycles. The van der Waals surface area contributed by atoms with E-state index in [1.165, 1.54) is 17.3 Å². The maximum absolute atomic E-state index is 5.30. The second kappa shape index (κ2) is 7.45. The molecule has 14 heavy (non-hydrogen) atoms. The topological polar surface area (TPSA) is 13.1 Å². The van der Waals surface area contributed by atoms with E-state index < -0.39 is 0 Å². The Bertz CT molecular complexity index is 267. The molecule has 1 heterocycles. The second-order valence-electron chi connectivity index (χ2n) is 2.88. The van der Waals surface area contributed by atoms with Crippen molar-refractivity contribution in [3.63, 3.8) is 0 Å². The van der Waals surface area contributed by atoms with Crippen molar-refractivity contribution in [2.45, 2.75) is 24.2 Å². The zero-order valence-electron chi connectivity index (χ0n) is 8.66. The molecule has 0 aliphatic carbocycles. The average molecular weight is 324 g/mol. The van der Waals surface area contributed by atoms with Gasteiger partial charge in [0.2, 0.25) is 0 Å². The monoisotopic (exact) mass is 326 g/mol. The first-order chi connectivity index (χ1) is 6.86. The van der Waals surface area contributed by atoms with E-state index in [4.69, 9.17) is 4.42 Å². The summed E-state index contributed by atoms with van der Waals surface area (Å²) in [5.74, 6) is 0.996. The summed E-state index contributed by atoms with van der Waals surface area (Å²) in [4.78, 5) is 0. The van der Waals surface area contributed by atoms with Gasteiger partial charge in [0, 0.05) is 0 Å². The fourth-order valence-corrected chi connectivity index (χ4v) is 5.27. The van der Waals surface area contributed by atoms with Crippen molar-refractivity contribution in [3.8, 4) is 0 Å². The third kappa shape index (κ3) is 4.59. The van der Waals surface area contributed by atoms with Crippen LogP contribution >= 0.6 is 11.8 Å². The summed E-state index contributed by atoms with van der Waals surface area (Å²) in [5.41, 5.74) is 0. The van der Waals surface area contributed by atoms with Crippen molar-refractivity contribution in [1.82, 2.24) is 0 Å². The normalized spacial score (nSPS) is 12.0. The molecule has 78 valence electrons. The van der Waals surface area contributed by atoms with Crippen LogP contribution in [0.2, 0.25) is 4.47 Å². The molecule has 0 spiro atoms. The van der Waals surface area contributed by atoms with Crippen LogP contribution in [-0.2, 0) is 0 Å². The Balaban J connectivity index is 2.45. The van der Waals surface area contributed by atoms with Crippen LogP contribution in [0.3, 0.4) is 0 Å². The van der Waals surface area contributed by atoms with Gasteiger partial charge in [-0.3, -0.25) is 0 Å². The van der Waals surface area contributed by atoms with E-state index in [9.17, 15) is 0 Å². The molecular weight excluding hydrogens is 308 g/mol. The van der Waals surface area contributed by atoms with Crippen molar-refractivity contribution >= 4 is 38.8 Å². The number of rotatable bonds is 6. The Morgan fingerprint density at radius 1 is 1.64 bits per heavy atom. The van der Waals surface area contributed by atoms with Crippen LogP contribution < -0.4 is 0 Å². The molecule has 0 aliphatic heterocycles. The van der Waals surface area contributed by atoms with Crippen LogP contribution in [0.5, 0.6) is 0 Å². The first-order valence-corrected chi connectivity index (χ1v) is 8.82. The van der Waals surface area contributed by atoms with Crippen molar-refractivity contribution in [3.05, 3.63) is 27.1 Å². The van der Waals surface area contributed by atoms with E-state index in [0.29, 0.717) is 0 Å². The van der Waals surface area contributed by atoms with Gasteiger partial charge in [-0.15, -0.1) is 0 Å². The minimum absolute atomic E-state index is 0.0342. The molecule has 0 unspecified atom stereocenters. The van der Waals surface area contributed by atoms with Crippen molar-refractivity contribution in [2.75, 3.05) is 6.26 Å². The first kappa shape index (κ1) is 12.2. The Labute approximate surface area is 100 Å². The number of hydrogen-bond acceptors (Lipinski definition) is 2. The Kier molecular flexibility index (Phi) is 6.51. The first-order valence-electron chi connectivity index (χ1n) is 4.78. The van der Waals surface area contributed by atoms with E-state index in [1.807, 2.05) is 23.9 Å². The van der Waals surface area contributed by atoms with Gasteiger partial charge in [0.05, 0.1) is 0 Å². The molecule has 0 aliphatic rings. The van der Waals surface area contributed by atoms with E-state index >= 15 is 0 Å². The second-order valence-corrected chi connectivity index (χ2v) is 7.78. The van der Waals surface area contributed by atoms with E-state index in [1.54, 1.807) is 9.22 Å². The maximum atomic E-state index is 5.30. The van der Waals surface area contributed by atoms with Gasteiger partial charge in [-0.1, -0.05) is 0 Å². The number of unbranched alkanes of at least 4 members (excludes halogenated alkanes) is 1. The summed E-state index contributed by atoms with van der Waals surface area (Å²) in [6.07, 6.45) is 8.77. The molecular formula is C11H16OSTe. The molecule has 3 heteroatoms. The Morgan fingerprint density at radius 2 is 2.50 bits per heavy atom. The molecule has 0 saturated heterocycles. The predicted molar refractivity (Wildman–Crippen MR) is 65.7 cm³/mol. The molecule has 0 radical (unpaired) electrons. The molecule has 0 fully saturated rings. The zero-order chi connectivity index (χ0) is 10.2. The van der Waals surface area contributed by atoms with Crippen molar-refractivity contribution < 1.29 is 4.42 Å². The number of furan rings is 1. The van der Waals surface area contributed by atoms with Crippen LogP contribution in [-0.4, -0.2) is 27.2 Å². The SMILES string of the molecule is CCCC[Te]/C(=C\c1ccco1)SC. The average Bonchev–Trinajstić information content (AvgIpc) is 2.69. The van der Waals surface area contributed by atoms with Gasteiger partial charge in [-0.25, -0.2) is 0 Å². The summed E-state index contributed by atoms with van der Waals surface area (Å²) in [5, 5.41) is 0. The summed E-state index contributed by atoms with van der Waals surface area (Å²) < 4.78 is 8.26. The molecule has 1 aromatic rings. The van der Waals surface area contributed by atoms with Crippen molar-refractivity contribution in [2.24, 2.45) is 0 Å². The van der Waals surface area contributed by atoms with Gasteiger partial charge >= 0.3 is 101 Å². The summed E-state index contributed by atoms with van der Waals surface area (Å²) in [7, 11) is 0. The quantitative estimate of drug-likeness (QED) is 0.582. The third-order valence-electron chi connectivity index (χ3n) is 1.75.